The molecule has 0 aliphatic carbocycles. The molecular weight excluding hydrogens is 793 g/mol. The molecule has 0 fully saturated rings. The second kappa shape index (κ2) is 13.1. The number of furan rings is 1. The number of rotatable bonds is 5. The van der Waals surface area contributed by atoms with Crippen LogP contribution >= 0.6 is 27.3 Å². The predicted molar refractivity (Wildman–Crippen MR) is 248 cm³/mol. The number of para-hydroxylation sites is 2. The monoisotopic (exact) mass is 822 g/mol. The molecule has 0 N–H and O–H groups in total. The molecule has 0 radical (unpaired) electrons. The fourth-order valence-electron chi connectivity index (χ4n) is 8.69. The first-order valence-electron chi connectivity index (χ1n) is 19.4. The lowest BCUT2D eigenvalue weighted by Crippen LogP contribution is -1.93. The normalized spacial score (nSPS) is 11.9. The van der Waals surface area contributed by atoms with Crippen LogP contribution in [0, 0.1) is 0 Å². The van der Waals surface area contributed by atoms with Crippen LogP contribution < -0.4 is 0 Å². The van der Waals surface area contributed by atoms with Crippen LogP contribution in [0.4, 0.5) is 0 Å². The van der Waals surface area contributed by atoms with E-state index < -0.39 is 0 Å². The van der Waals surface area contributed by atoms with Crippen molar-refractivity contribution >= 4 is 91.2 Å². The molecule has 4 aromatic heterocycles. The molecule has 272 valence electrons. The highest BCUT2D eigenvalue weighted by Crippen LogP contribution is 2.40. The van der Waals surface area contributed by atoms with Gasteiger partial charge in [0.1, 0.15) is 11.2 Å². The summed E-state index contributed by atoms with van der Waals surface area (Å²) >= 11 is 5.66. The van der Waals surface area contributed by atoms with Crippen molar-refractivity contribution in [2.24, 2.45) is 0 Å². The number of nitrogens with zero attached hydrogens (tertiary/aromatic N) is 2. The summed E-state index contributed by atoms with van der Waals surface area (Å²) < 4.78 is 12.4. The van der Waals surface area contributed by atoms with Crippen LogP contribution in [-0.4, -0.2) is 9.55 Å². The number of fused-ring (bicyclic) bond motifs is 9. The molecule has 4 heterocycles. The summed E-state index contributed by atoms with van der Waals surface area (Å²) in [5.74, 6) is 0. The summed E-state index contributed by atoms with van der Waals surface area (Å²) in [6.07, 6.45) is 1.99. The highest BCUT2D eigenvalue weighted by atomic mass is 79.9. The largest absolute Gasteiger partial charge is 0.456 e. The number of pyridine rings is 1. The molecule has 12 aromatic rings. The van der Waals surface area contributed by atoms with Gasteiger partial charge in [0, 0.05) is 69.2 Å². The average molecular weight is 824 g/mol. The number of hydrogen-bond donors (Lipinski definition) is 0. The minimum Gasteiger partial charge on any atom is -0.456 e. The molecule has 5 heteroatoms. The lowest BCUT2D eigenvalue weighted by molar-refractivity contribution is 0.669. The Balaban J connectivity index is 0.865. The van der Waals surface area contributed by atoms with Crippen LogP contribution in [0.3, 0.4) is 0 Å². The van der Waals surface area contributed by atoms with Crippen molar-refractivity contribution in [2.75, 3.05) is 0 Å². The maximum absolute atomic E-state index is 6.46. The first-order chi connectivity index (χ1) is 28.6. The fraction of sp³-hybridized carbons (Fsp3) is 0. The molecule has 0 atom stereocenters. The molecule has 0 saturated carbocycles. The molecule has 0 unspecified atom stereocenters. The second-order valence-electron chi connectivity index (χ2n) is 14.9. The van der Waals surface area contributed by atoms with Crippen molar-refractivity contribution in [1.82, 2.24) is 9.55 Å². The van der Waals surface area contributed by atoms with Gasteiger partial charge >= 0.3 is 0 Å². The Labute approximate surface area is 346 Å². The number of thiophene rings is 1. The molecule has 0 bridgehead atoms. The van der Waals surface area contributed by atoms with Gasteiger partial charge in [0.05, 0.1) is 16.7 Å². The number of benzene rings is 8. The molecule has 58 heavy (non-hydrogen) atoms. The Hall–Kier alpha value is -6.79. The average Bonchev–Trinajstić information content (AvgIpc) is 3.95. The van der Waals surface area contributed by atoms with E-state index in [1.54, 1.807) is 0 Å². The molecule has 0 saturated heterocycles. The topological polar surface area (TPSA) is 31.0 Å². The van der Waals surface area contributed by atoms with Crippen LogP contribution in [0.1, 0.15) is 0 Å². The molecule has 8 aromatic carbocycles. The second-order valence-corrected chi connectivity index (χ2v) is 16.9. The molecule has 0 amide bonds. The third-order valence-electron chi connectivity index (χ3n) is 11.5. The van der Waals surface area contributed by atoms with Gasteiger partial charge in [-0.15, -0.1) is 11.3 Å². The standard InChI is InChI=1S/C53H31BrN2OS/c54-39-25-37(33-17-22-50-45(27-33)42-19-14-34(30-51(42)57-50)32-18-23-53-46(28-32)43-11-5-7-13-52(43)58-53)24-38(26-39)36-15-20-47(55-31-36)35-16-21-49-44(29-35)41-10-4-6-12-48(41)56(49)40-8-2-1-3-9-40/h1-31H. The van der Waals surface area contributed by atoms with Crippen molar-refractivity contribution in [3.8, 4) is 50.3 Å². The Kier molecular flexibility index (Phi) is 7.56. The SMILES string of the molecule is Brc1cc(-c2ccc(-c3ccc4c(c3)c3ccccc3n4-c3ccccc3)nc2)cc(-c2ccc3oc4cc(-c5ccc6sc7ccccc7c6c5)ccc4c3c2)c1. The summed E-state index contributed by atoms with van der Waals surface area (Å²) in [6, 6.07) is 65.3. The minimum absolute atomic E-state index is 0.882. The smallest absolute Gasteiger partial charge is 0.136 e. The van der Waals surface area contributed by atoms with Gasteiger partial charge in [-0.25, -0.2) is 0 Å². The van der Waals surface area contributed by atoms with Gasteiger partial charge < -0.3 is 8.98 Å². The number of halogens is 1. The van der Waals surface area contributed by atoms with E-state index in [-0.39, 0.29) is 0 Å². The fourth-order valence-corrected chi connectivity index (χ4v) is 10.3. The van der Waals surface area contributed by atoms with E-state index in [1.807, 2.05) is 17.5 Å². The van der Waals surface area contributed by atoms with Crippen molar-refractivity contribution in [3.63, 3.8) is 0 Å². The van der Waals surface area contributed by atoms with Crippen LogP contribution in [0.2, 0.25) is 0 Å². The predicted octanol–water partition coefficient (Wildman–Crippen LogP) is 15.9. The van der Waals surface area contributed by atoms with Crippen molar-refractivity contribution < 1.29 is 4.42 Å². The van der Waals surface area contributed by atoms with E-state index in [0.717, 1.165) is 71.2 Å². The summed E-state index contributed by atoms with van der Waals surface area (Å²) in [5.41, 5.74) is 14.1. The summed E-state index contributed by atoms with van der Waals surface area (Å²) in [4.78, 5) is 5.00. The summed E-state index contributed by atoms with van der Waals surface area (Å²) in [7, 11) is 0. The number of aromatic nitrogens is 2. The third kappa shape index (κ3) is 5.42. The van der Waals surface area contributed by atoms with E-state index in [2.05, 4.69) is 202 Å². The summed E-state index contributed by atoms with van der Waals surface area (Å²) in [6.45, 7) is 0. The van der Waals surface area contributed by atoms with Gasteiger partial charge in [0.15, 0.2) is 0 Å². The van der Waals surface area contributed by atoms with E-state index in [1.165, 1.54) is 47.5 Å². The molecule has 0 aliphatic heterocycles. The van der Waals surface area contributed by atoms with Gasteiger partial charge in [-0.1, -0.05) is 101 Å². The van der Waals surface area contributed by atoms with Gasteiger partial charge in [0.25, 0.3) is 0 Å². The quantitative estimate of drug-likeness (QED) is 0.173. The van der Waals surface area contributed by atoms with E-state index in [9.17, 15) is 0 Å². The minimum atomic E-state index is 0.882. The van der Waals surface area contributed by atoms with Crippen LogP contribution in [0.25, 0.3) is 114 Å². The third-order valence-corrected chi connectivity index (χ3v) is 13.1. The number of hydrogen-bond acceptors (Lipinski definition) is 3. The van der Waals surface area contributed by atoms with E-state index >= 15 is 0 Å². The first kappa shape index (κ1) is 33.4. The summed E-state index contributed by atoms with van der Waals surface area (Å²) in [5, 5.41) is 7.27. The molecule has 0 spiro atoms. The van der Waals surface area contributed by atoms with Gasteiger partial charge in [-0.3, -0.25) is 4.98 Å². The zero-order valence-corrected chi connectivity index (χ0v) is 33.4. The lowest BCUT2D eigenvalue weighted by atomic mass is 9.97. The Morgan fingerprint density at radius 2 is 1.07 bits per heavy atom. The van der Waals surface area contributed by atoms with Crippen molar-refractivity contribution in [2.45, 2.75) is 0 Å². The maximum atomic E-state index is 6.46. The van der Waals surface area contributed by atoms with E-state index in [4.69, 9.17) is 9.40 Å². The Morgan fingerprint density at radius 3 is 1.95 bits per heavy atom. The van der Waals surface area contributed by atoms with Crippen molar-refractivity contribution in [1.29, 1.82) is 0 Å². The van der Waals surface area contributed by atoms with Gasteiger partial charge in [-0.05, 0) is 125 Å². The van der Waals surface area contributed by atoms with Crippen LogP contribution in [-0.2, 0) is 0 Å². The maximum Gasteiger partial charge on any atom is 0.136 e. The zero-order valence-electron chi connectivity index (χ0n) is 31.0. The van der Waals surface area contributed by atoms with Gasteiger partial charge in [0.2, 0.25) is 0 Å². The highest BCUT2D eigenvalue weighted by Gasteiger charge is 2.15. The highest BCUT2D eigenvalue weighted by molar-refractivity contribution is 9.10. The Morgan fingerprint density at radius 1 is 0.414 bits per heavy atom. The first-order valence-corrected chi connectivity index (χ1v) is 21.0. The molecular formula is C53H31BrN2OS. The molecule has 12 rings (SSSR count). The van der Waals surface area contributed by atoms with Crippen molar-refractivity contribution in [3.05, 3.63) is 193 Å². The van der Waals surface area contributed by atoms with E-state index in [0.29, 0.717) is 0 Å². The molecule has 3 nitrogen and oxygen atoms in total. The Bertz CT molecular complexity index is 3580. The molecule has 0 aliphatic rings. The van der Waals surface area contributed by atoms with Crippen LogP contribution in [0.15, 0.2) is 197 Å². The lowest BCUT2D eigenvalue weighted by Gasteiger charge is -2.10. The zero-order chi connectivity index (χ0) is 38.3. The van der Waals surface area contributed by atoms with Gasteiger partial charge in [-0.2, -0.15) is 0 Å². The van der Waals surface area contributed by atoms with Crippen LogP contribution in [0.5, 0.6) is 0 Å².